The fourth-order valence-corrected chi connectivity index (χ4v) is 2.74. The summed E-state index contributed by atoms with van der Waals surface area (Å²) in [5, 5.41) is 3.47. The second kappa shape index (κ2) is 5.45. The quantitative estimate of drug-likeness (QED) is 0.719. The molecule has 2 fully saturated rings. The highest BCUT2D eigenvalue weighted by Gasteiger charge is 2.28. The number of ether oxygens (including phenoxy) is 1. The van der Waals surface area contributed by atoms with Crippen molar-refractivity contribution in [1.29, 1.82) is 0 Å². The first-order valence-electron chi connectivity index (χ1n) is 6.43. The molecule has 3 unspecified atom stereocenters. The van der Waals surface area contributed by atoms with Crippen molar-refractivity contribution < 1.29 is 4.74 Å². The molecule has 2 aliphatic heterocycles. The van der Waals surface area contributed by atoms with E-state index in [2.05, 4.69) is 36.0 Å². The van der Waals surface area contributed by atoms with Gasteiger partial charge in [-0.3, -0.25) is 4.90 Å². The molecule has 4 heteroatoms. The van der Waals surface area contributed by atoms with Crippen LogP contribution in [0.4, 0.5) is 0 Å². The van der Waals surface area contributed by atoms with E-state index in [1.54, 1.807) is 0 Å². The lowest BCUT2D eigenvalue weighted by molar-refractivity contribution is -0.0501. The molecule has 0 aromatic carbocycles. The number of hydrogen-bond acceptors (Lipinski definition) is 4. The summed E-state index contributed by atoms with van der Waals surface area (Å²) in [5.41, 5.74) is 0. The SMILES string of the molecule is CC1CNCC(C)N1CC1CN(C)CCO1. The summed E-state index contributed by atoms with van der Waals surface area (Å²) in [7, 11) is 2.18. The molecule has 2 saturated heterocycles. The van der Waals surface area contributed by atoms with Gasteiger partial charge in [-0.15, -0.1) is 0 Å². The number of rotatable bonds is 2. The van der Waals surface area contributed by atoms with Gasteiger partial charge in [-0.1, -0.05) is 0 Å². The molecule has 2 aliphatic rings. The third kappa shape index (κ3) is 2.94. The zero-order valence-electron chi connectivity index (χ0n) is 10.8. The number of morpholine rings is 1. The number of nitrogens with zero attached hydrogens (tertiary/aromatic N) is 2. The molecule has 0 aromatic rings. The molecule has 4 nitrogen and oxygen atoms in total. The van der Waals surface area contributed by atoms with Crippen molar-refractivity contribution in [2.75, 3.05) is 46.4 Å². The summed E-state index contributed by atoms with van der Waals surface area (Å²) in [6.07, 6.45) is 0.391. The van der Waals surface area contributed by atoms with Gasteiger partial charge in [0.15, 0.2) is 0 Å². The zero-order valence-corrected chi connectivity index (χ0v) is 10.8. The standard InChI is InChI=1S/C12H25N3O/c1-10-6-13-7-11(2)15(10)9-12-8-14(3)4-5-16-12/h10-13H,4-9H2,1-3H3. The van der Waals surface area contributed by atoms with Gasteiger partial charge >= 0.3 is 0 Å². The molecule has 0 saturated carbocycles. The molecule has 16 heavy (non-hydrogen) atoms. The molecule has 94 valence electrons. The molecule has 0 spiro atoms. The van der Waals surface area contributed by atoms with Crippen LogP contribution < -0.4 is 5.32 Å². The minimum atomic E-state index is 0.391. The van der Waals surface area contributed by atoms with Crippen LogP contribution in [-0.4, -0.2) is 74.4 Å². The number of nitrogens with one attached hydrogen (secondary N) is 1. The highest BCUT2D eigenvalue weighted by atomic mass is 16.5. The van der Waals surface area contributed by atoms with E-state index in [0.717, 1.165) is 39.3 Å². The summed E-state index contributed by atoms with van der Waals surface area (Å²) in [6, 6.07) is 1.25. The van der Waals surface area contributed by atoms with Gasteiger partial charge in [-0.25, -0.2) is 0 Å². The molecule has 0 radical (unpaired) electrons. The summed E-state index contributed by atoms with van der Waals surface area (Å²) >= 11 is 0. The molecule has 1 N–H and O–H groups in total. The average Bonchev–Trinajstić information content (AvgIpc) is 2.24. The molecule has 0 bridgehead atoms. The Bertz CT molecular complexity index is 214. The van der Waals surface area contributed by atoms with Gasteiger partial charge in [0.25, 0.3) is 0 Å². The van der Waals surface area contributed by atoms with E-state index in [1.165, 1.54) is 0 Å². The molecule has 2 rings (SSSR count). The fourth-order valence-electron chi connectivity index (χ4n) is 2.74. The van der Waals surface area contributed by atoms with Crippen molar-refractivity contribution >= 4 is 0 Å². The van der Waals surface area contributed by atoms with Crippen LogP contribution in [-0.2, 0) is 4.74 Å². The van der Waals surface area contributed by atoms with Gasteiger partial charge in [0.05, 0.1) is 12.7 Å². The predicted octanol–water partition coefficient (Wildman–Crippen LogP) is -0.000800. The molecule has 0 aliphatic carbocycles. The molecule has 0 aromatic heterocycles. The van der Waals surface area contributed by atoms with Crippen LogP contribution >= 0.6 is 0 Å². The molecular formula is C12H25N3O. The third-order valence-corrected chi connectivity index (χ3v) is 3.77. The average molecular weight is 227 g/mol. The van der Waals surface area contributed by atoms with E-state index in [0.29, 0.717) is 18.2 Å². The first-order valence-corrected chi connectivity index (χ1v) is 6.43. The van der Waals surface area contributed by atoms with Crippen LogP contribution in [0.3, 0.4) is 0 Å². The zero-order chi connectivity index (χ0) is 11.5. The number of likely N-dealkylation sites (N-methyl/N-ethyl adjacent to an activating group) is 1. The highest BCUT2D eigenvalue weighted by Crippen LogP contribution is 2.13. The van der Waals surface area contributed by atoms with Gasteiger partial charge < -0.3 is 15.0 Å². The van der Waals surface area contributed by atoms with Crippen LogP contribution in [0, 0.1) is 0 Å². The van der Waals surface area contributed by atoms with Crippen molar-refractivity contribution in [3.8, 4) is 0 Å². The van der Waals surface area contributed by atoms with E-state index in [9.17, 15) is 0 Å². The minimum Gasteiger partial charge on any atom is -0.374 e. The first-order chi connectivity index (χ1) is 7.66. The molecule has 3 atom stereocenters. The second-order valence-corrected chi connectivity index (χ2v) is 5.31. The van der Waals surface area contributed by atoms with Crippen molar-refractivity contribution in [2.24, 2.45) is 0 Å². The van der Waals surface area contributed by atoms with Gasteiger partial charge in [-0.05, 0) is 20.9 Å². The van der Waals surface area contributed by atoms with Crippen LogP contribution in [0.2, 0.25) is 0 Å². The lowest BCUT2D eigenvalue weighted by Crippen LogP contribution is -2.58. The Hall–Kier alpha value is -0.160. The van der Waals surface area contributed by atoms with Crippen LogP contribution in [0.5, 0.6) is 0 Å². The van der Waals surface area contributed by atoms with Crippen LogP contribution in [0.25, 0.3) is 0 Å². The van der Waals surface area contributed by atoms with Crippen molar-refractivity contribution in [2.45, 2.75) is 32.0 Å². The Morgan fingerprint density at radius 3 is 2.56 bits per heavy atom. The summed E-state index contributed by atoms with van der Waals surface area (Å²) < 4.78 is 5.84. The van der Waals surface area contributed by atoms with Crippen molar-refractivity contribution in [3.05, 3.63) is 0 Å². The lowest BCUT2D eigenvalue weighted by atomic mass is 10.1. The Morgan fingerprint density at radius 1 is 1.25 bits per heavy atom. The largest absolute Gasteiger partial charge is 0.374 e. The summed E-state index contributed by atoms with van der Waals surface area (Å²) in [6.45, 7) is 10.9. The van der Waals surface area contributed by atoms with E-state index >= 15 is 0 Å². The predicted molar refractivity (Wildman–Crippen MR) is 65.7 cm³/mol. The minimum absolute atomic E-state index is 0.391. The Labute approximate surface area is 98.9 Å². The molecule has 0 amide bonds. The maximum absolute atomic E-state index is 5.84. The Balaban J connectivity index is 1.86. The van der Waals surface area contributed by atoms with Crippen molar-refractivity contribution in [3.63, 3.8) is 0 Å². The second-order valence-electron chi connectivity index (χ2n) is 5.31. The normalized spacial score (nSPS) is 38.8. The maximum Gasteiger partial charge on any atom is 0.0829 e. The van der Waals surface area contributed by atoms with Gasteiger partial charge in [-0.2, -0.15) is 0 Å². The van der Waals surface area contributed by atoms with Gasteiger partial charge in [0, 0.05) is 44.8 Å². The number of hydrogen-bond donors (Lipinski definition) is 1. The maximum atomic E-state index is 5.84. The summed E-state index contributed by atoms with van der Waals surface area (Å²) in [5.74, 6) is 0. The molecule has 2 heterocycles. The highest BCUT2D eigenvalue weighted by molar-refractivity contribution is 4.85. The topological polar surface area (TPSA) is 27.7 Å². The Morgan fingerprint density at radius 2 is 1.94 bits per heavy atom. The van der Waals surface area contributed by atoms with E-state index in [1.807, 2.05) is 0 Å². The van der Waals surface area contributed by atoms with Gasteiger partial charge in [0.1, 0.15) is 0 Å². The third-order valence-electron chi connectivity index (χ3n) is 3.77. The summed E-state index contributed by atoms with van der Waals surface area (Å²) in [4.78, 5) is 4.95. The van der Waals surface area contributed by atoms with E-state index in [-0.39, 0.29) is 0 Å². The van der Waals surface area contributed by atoms with Crippen LogP contribution in [0.15, 0.2) is 0 Å². The first kappa shape index (κ1) is 12.3. The van der Waals surface area contributed by atoms with Crippen molar-refractivity contribution in [1.82, 2.24) is 15.1 Å². The lowest BCUT2D eigenvalue weighted by Gasteiger charge is -2.42. The smallest absolute Gasteiger partial charge is 0.0829 e. The fraction of sp³-hybridized carbons (Fsp3) is 1.00. The van der Waals surface area contributed by atoms with Crippen LogP contribution in [0.1, 0.15) is 13.8 Å². The Kier molecular flexibility index (Phi) is 4.19. The van der Waals surface area contributed by atoms with Gasteiger partial charge in [0.2, 0.25) is 0 Å². The molecular weight excluding hydrogens is 202 g/mol. The monoisotopic (exact) mass is 227 g/mol. The number of piperazine rings is 1. The van der Waals surface area contributed by atoms with E-state index in [4.69, 9.17) is 4.74 Å². The van der Waals surface area contributed by atoms with E-state index < -0.39 is 0 Å².